The summed E-state index contributed by atoms with van der Waals surface area (Å²) in [7, 11) is 1.68. The van der Waals surface area contributed by atoms with Gasteiger partial charge in [0, 0.05) is 28.4 Å². The molecule has 0 saturated heterocycles. The summed E-state index contributed by atoms with van der Waals surface area (Å²) in [5.74, 6) is 0.885. The molecule has 0 fully saturated rings. The predicted molar refractivity (Wildman–Crippen MR) is 83.5 cm³/mol. The van der Waals surface area contributed by atoms with Crippen LogP contribution in [-0.4, -0.2) is 21.9 Å². The van der Waals surface area contributed by atoms with E-state index in [2.05, 4.69) is 10.1 Å². The van der Waals surface area contributed by atoms with Crippen molar-refractivity contribution in [3.63, 3.8) is 0 Å². The Balaban J connectivity index is 2.05. The number of nitrogen functional groups attached to an aromatic ring is 1. The Kier molecular flexibility index (Phi) is 3.25. The van der Waals surface area contributed by atoms with Crippen LogP contribution in [0.5, 0.6) is 5.75 Å². The zero-order chi connectivity index (χ0) is 15.0. The van der Waals surface area contributed by atoms with Crippen LogP contribution < -0.4 is 10.5 Å². The van der Waals surface area contributed by atoms with Gasteiger partial charge in [0.05, 0.1) is 31.1 Å². The summed E-state index contributed by atoms with van der Waals surface area (Å²) in [6.45, 7) is 4.61. The van der Waals surface area contributed by atoms with Crippen LogP contribution in [0.4, 0.5) is 5.69 Å². The standard InChI is InChI=1S/C16H18N4O/c1-10-7-18-14(11(2)16(10)21-3)9-20-15-6-13(17)5-4-12(15)8-19-20/h4-8H,9,17H2,1-3H3. The number of anilines is 1. The van der Waals surface area contributed by atoms with Crippen LogP contribution in [0.15, 0.2) is 30.6 Å². The number of rotatable bonds is 3. The van der Waals surface area contributed by atoms with Crippen LogP contribution in [-0.2, 0) is 6.54 Å². The van der Waals surface area contributed by atoms with Crippen molar-refractivity contribution in [2.75, 3.05) is 12.8 Å². The van der Waals surface area contributed by atoms with Gasteiger partial charge in [0.2, 0.25) is 0 Å². The highest BCUT2D eigenvalue weighted by Gasteiger charge is 2.11. The molecule has 108 valence electrons. The molecule has 5 heteroatoms. The molecule has 21 heavy (non-hydrogen) atoms. The Morgan fingerprint density at radius 3 is 2.81 bits per heavy atom. The summed E-state index contributed by atoms with van der Waals surface area (Å²) in [6, 6.07) is 5.79. The Bertz CT molecular complexity index is 807. The van der Waals surface area contributed by atoms with Crippen molar-refractivity contribution in [1.29, 1.82) is 0 Å². The summed E-state index contributed by atoms with van der Waals surface area (Å²) >= 11 is 0. The normalized spacial score (nSPS) is 11.0. The first-order valence-electron chi connectivity index (χ1n) is 6.80. The Morgan fingerprint density at radius 1 is 1.24 bits per heavy atom. The molecule has 0 aliphatic carbocycles. The average molecular weight is 282 g/mol. The minimum absolute atomic E-state index is 0.593. The molecule has 5 nitrogen and oxygen atoms in total. The van der Waals surface area contributed by atoms with Crippen molar-refractivity contribution >= 4 is 16.6 Å². The lowest BCUT2D eigenvalue weighted by Crippen LogP contribution is -2.07. The Labute approximate surface area is 123 Å². The minimum atomic E-state index is 0.593. The summed E-state index contributed by atoms with van der Waals surface area (Å²) < 4.78 is 7.37. The van der Waals surface area contributed by atoms with Crippen molar-refractivity contribution in [2.45, 2.75) is 20.4 Å². The van der Waals surface area contributed by atoms with Crippen LogP contribution in [0.3, 0.4) is 0 Å². The lowest BCUT2D eigenvalue weighted by molar-refractivity contribution is 0.406. The van der Waals surface area contributed by atoms with Crippen LogP contribution in [0, 0.1) is 13.8 Å². The number of aryl methyl sites for hydroxylation is 1. The quantitative estimate of drug-likeness (QED) is 0.750. The molecule has 0 atom stereocenters. The first-order chi connectivity index (χ1) is 10.1. The average Bonchev–Trinajstić information content (AvgIpc) is 2.85. The van der Waals surface area contributed by atoms with E-state index < -0.39 is 0 Å². The maximum absolute atomic E-state index is 5.86. The van der Waals surface area contributed by atoms with Crippen molar-refractivity contribution in [3.05, 3.63) is 47.4 Å². The van der Waals surface area contributed by atoms with Gasteiger partial charge in [-0.2, -0.15) is 5.10 Å². The van der Waals surface area contributed by atoms with Crippen LogP contribution in [0.2, 0.25) is 0 Å². The number of pyridine rings is 1. The first-order valence-corrected chi connectivity index (χ1v) is 6.80. The number of benzene rings is 1. The maximum Gasteiger partial charge on any atom is 0.128 e. The van der Waals surface area contributed by atoms with E-state index >= 15 is 0 Å². The Morgan fingerprint density at radius 2 is 2.05 bits per heavy atom. The molecule has 2 aromatic heterocycles. The smallest absolute Gasteiger partial charge is 0.128 e. The van der Waals surface area contributed by atoms with Crippen LogP contribution >= 0.6 is 0 Å². The molecular weight excluding hydrogens is 264 g/mol. The maximum atomic E-state index is 5.86. The molecule has 0 radical (unpaired) electrons. The van der Waals surface area contributed by atoms with Crippen molar-refractivity contribution in [2.24, 2.45) is 0 Å². The SMILES string of the molecule is COc1c(C)cnc(Cn2ncc3ccc(N)cc32)c1C. The molecule has 0 aliphatic rings. The van der Waals surface area contributed by atoms with Gasteiger partial charge in [0.1, 0.15) is 5.75 Å². The van der Waals surface area contributed by atoms with E-state index in [0.29, 0.717) is 6.54 Å². The summed E-state index contributed by atoms with van der Waals surface area (Å²) in [6.07, 6.45) is 3.68. The number of methoxy groups -OCH3 is 1. The van der Waals surface area contributed by atoms with E-state index in [1.807, 2.05) is 49.1 Å². The molecule has 0 bridgehead atoms. The molecule has 1 aromatic carbocycles. The van der Waals surface area contributed by atoms with Gasteiger partial charge in [-0.05, 0) is 32.0 Å². The molecule has 0 aliphatic heterocycles. The van der Waals surface area contributed by atoms with E-state index in [1.165, 1.54) is 0 Å². The lowest BCUT2D eigenvalue weighted by atomic mass is 10.1. The van der Waals surface area contributed by atoms with Gasteiger partial charge < -0.3 is 10.5 Å². The number of ether oxygens (including phenoxy) is 1. The number of hydrogen-bond acceptors (Lipinski definition) is 4. The topological polar surface area (TPSA) is 66.0 Å². The van der Waals surface area contributed by atoms with E-state index in [4.69, 9.17) is 10.5 Å². The van der Waals surface area contributed by atoms with Crippen LogP contribution in [0.25, 0.3) is 10.9 Å². The van der Waals surface area contributed by atoms with Gasteiger partial charge in [0.15, 0.2) is 0 Å². The monoisotopic (exact) mass is 282 g/mol. The first kappa shape index (κ1) is 13.4. The van der Waals surface area contributed by atoms with Gasteiger partial charge in [-0.25, -0.2) is 0 Å². The van der Waals surface area contributed by atoms with Gasteiger partial charge in [0.25, 0.3) is 0 Å². The third-order valence-electron chi connectivity index (χ3n) is 3.72. The van der Waals surface area contributed by atoms with E-state index in [0.717, 1.165) is 39.2 Å². The fourth-order valence-corrected chi connectivity index (χ4v) is 2.59. The zero-order valence-corrected chi connectivity index (χ0v) is 12.4. The highest BCUT2D eigenvalue weighted by molar-refractivity contribution is 5.81. The second-order valence-electron chi connectivity index (χ2n) is 5.17. The lowest BCUT2D eigenvalue weighted by Gasteiger charge is -2.12. The fraction of sp³-hybridized carbons (Fsp3) is 0.250. The molecule has 2 N–H and O–H groups in total. The van der Waals surface area contributed by atoms with Crippen molar-refractivity contribution < 1.29 is 4.74 Å². The van der Waals surface area contributed by atoms with Crippen molar-refractivity contribution in [3.8, 4) is 5.75 Å². The zero-order valence-electron chi connectivity index (χ0n) is 12.4. The molecule has 0 amide bonds. The second kappa shape index (κ2) is 5.09. The van der Waals surface area contributed by atoms with Gasteiger partial charge in [-0.1, -0.05) is 0 Å². The molecule has 3 rings (SSSR count). The van der Waals surface area contributed by atoms with E-state index in [9.17, 15) is 0 Å². The van der Waals surface area contributed by atoms with E-state index in [-0.39, 0.29) is 0 Å². The number of aromatic nitrogens is 3. The van der Waals surface area contributed by atoms with Crippen LogP contribution in [0.1, 0.15) is 16.8 Å². The molecule has 0 spiro atoms. The number of nitrogens with zero attached hydrogens (tertiary/aromatic N) is 3. The summed E-state index contributed by atoms with van der Waals surface area (Å²) in [5, 5.41) is 5.50. The summed E-state index contributed by atoms with van der Waals surface area (Å²) in [5.41, 5.74) is 10.6. The Hall–Kier alpha value is -2.56. The van der Waals surface area contributed by atoms with Gasteiger partial charge in [-0.15, -0.1) is 0 Å². The predicted octanol–water partition coefficient (Wildman–Crippen LogP) is 2.69. The largest absolute Gasteiger partial charge is 0.496 e. The van der Waals surface area contributed by atoms with Crippen molar-refractivity contribution in [1.82, 2.24) is 14.8 Å². The molecule has 3 aromatic rings. The second-order valence-corrected chi connectivity index (χ2v) is 5.17. The van der Waals surface area contributed by atoms with Gasteiger partial charge >= 0.3 is 0 Å². The number of fused-ring (bicyclic) bond motifs is 1. The van der Waals surface area contributed by atoms with E-state index in [1.54, 1.807) is 7.11 Å². The highest BCUT2D eigenvalue weighted by atomic mass is 16.5. The third-order valence-corrected chi connectivity index (χ3v) is 3.72. The molecule has 2 heterocycles. The summed E-state index contributed by atoms with van der Waals surface area (Å²) in [4.78, 5) is 4.52. The number of nitrogens with two attached hydrogens (primary N) is 1. The fourth-order valence-electron chi connectivity index (χ4n) is 2.59. The van der Waals surface area contributed by atoms with Gasteiger partial charge in [-0.3, -0.25) is 9.67 Å². The molecule has 0 unspecified atom stereocenters. The highest BCUT2D eigenvalue weighted by Crippen LogP contribution is 2.25. The molecule has 0 saturated carbocycles. The molecular formula is C16H18N4O. The third kappa shape index (κ3) is 2.31. The number of hydrogen-bond donors (Lipinski definition) is 1. The minimum Gasteiger partial charge on any atom is -0.496 e.